The highest BCUT2D eigenvalue weighted by atomic mass is 31.2. The van der Waals surface area contributed by atoms with Crippen molar-refractivity contribution in [3.8, 4) is 0 Å². The summed E-state index contributed by atoms with van der Waals surface area (Å²) in [5, 5.41) is 0. The van der Waals surface area contributed by atoms with Gasteiger partial charge in [-0.15, -0.1) is 0 Å². The number of phosphoric ester groups is 1. The van der Waals surface area contributed by atoms with E-state index < -0.39 is 26.5 Å². The predicted molar refractivity (Wildman–Crippen MR) is 455 cm³/mol. The second-order valence-electron chi connectivity index (χ2n) is 32.3. The van der Waals surface area contributed by atoms with E-state index in [-0.39, 0.29) is 25.6 Å². The molecule has 0 saturated carbocycles. The van der Waals surface area contributed by atoms with Gasteiger partial charge < -0.3 is 18.9 Å². The van der Waals surface area contributed by atoms with Crippen molar-refractivity contribution >= 4 is 19.8 Å². The van der Waals surface area contributed by atoms with E-state index in [1.54, 1.807) is 0 Å². The van der Waals surface area contributed by atoms with Gasteiger partial charge in [0.05, 0.1) is 27.7 Å². The second kappa shape index (κ2) is 84.5. The Balaban J connectivity index is 3.84. The summed E-state index contributed by atoms with van der Waals surface area (Å²) >= 11 is 0. The Kier molecular flexibility index (Phi) is 82.4. The van der Waals surface area contributed by atoms with Crippen LogP contribution in [0.5, 0.6) is 0 Å². The van der Waals surface area contributed by atoms with Crippen LogP contribution < -0.4 is 0 Å². The highest BCUT2D eigenvalue weighted by Crippen LogP contribution is 2.43. The van der Waals surface area contributed by atoms with Gasteiger partial charge in [0, 0.05) is 12.8 Å². The van der Waals surface area contributed by atoms with Gasteiger partial charge in [0.25, 0.3) is 0 Å². The average Bonchev–Trinajstić information content (AvgIpc) is 0.920. The molecule has 0 heterocycles. The summed E-state index contributed by atoms with van der Waals surface area (Å²) in [5.41, 5.74) is 0. The van der Waals surface area contributed by atoms with E-state index >= 15 is 0 Å². The van der Waals surface area contributed by atoms with Crippen molar-refractivity contribution in [1.29, 1.82) is 0 Å². The molecule has 0 radical (unpaired) electrons. The largest absolute Gasteiger partial charge is 0.472 e. The molecule has 0 saturated heterocycles. The van der Waals surface area contributed by atoms with E-state index in [2.05, 4.69) is 86.8 Å². The van der Waals surface area contributed by atoms with Crippen LogP contribution in [0.25, 0.3) is 0 Å². The minimum Gasteiger partial charge on any atom is -0.462 e. The molecule has 10 heteroatoms. The van der Waals surface area contributed by atoms with Crippen molar-refractivity contribution in [3.05, 3.63) is 72.9 Å². The Morgan fingerprint density at radius 1 is 0.308 bits per heavy atom. The van der Waals surface area contributed by atoms with E-state index in [1.165, 1.54) is 360 Å². The maximum absolute atomic E-state index is 13.0. The summed E-state index contributed by atoms with van der Waals surface area (Å²) in [5.74, 6) is -0.770. The van der Waals surface area contributed by atoms with Crippen molar-refractivity contribution in [2.75, 3.05) is 47.5 Å². The number of likely N-dealkylation sites (N-methyl/N-ethyl adjacent to an activating group) is 1. The molecular weight excluding hydrogens is 1300 g/mol. The van der Waals surface area contributed by atoms with Crippen LogP contribution in [0.3, 0.4) is 0 Å². The Labute approximate surface area is 648 Å². The first kappa shape index (κ1) is 101. The Hall–Kier alpha value is -2.55. The van der Waals surface area contributed by atoms with Gasteiger partial charge in [-0.05, 0) is 64.2 Å². The first-order chi connectivity index (χ1) is 51.0. The smallest absolute Gasteiger partial charge is 0.462 e. The van der Waals surface area contributed by atoms with E-state index in [9.17, 15) is 19.0 Å². The summed E-state index contributed by atoms with van der Waals surface area (Å²) in [4.78, 5) is 36.1. The fourth-order valence-electron chi connectivity index (χ4n) is 13.9. The van der Waals surface area contributed by atoms with E-state index in [1.807, 2.05) is 21.1 Å². The van der Waals surface area contributed by atoms with Crippen LogP contribution in [0.1, 0.15) is 463 Å². The van der Waals surface area contributed by atoms with Crippen LogP contribution in [0, 0.1) is 0 Å². The highest BCUT2D eigenvalue weighted by Gasteiger charge is 2.27. The third kappa shape index (κ3) is 88.4. The topological polar surface area (TPSA) is 108 Å². The fourth-order valence-corrected chi connectivity index (χ4v) is 14.6. The number of nitrogens with zero attached hydrogens (tertiary/aromatic N) is 1. The standard InChI is InChI=1S/C94H176NO8P/c1-6-8-10-12-14-16-18-20-22-24-26-28-30-32-34-36-38-40-42-44-46-47-49-51-53-55-57-59-61-63-65-67-69-71-73-75-77-79-81-83-85-87-94(97)103-92(91-102-104(98,99)101-89-88-95(3,4)5)90-100-93(96)86-84-82-80-78-76-74-72-70-68-66-64-62-60-58-56-54-52-50-48-45-43-41-39-37-35-33-31-29-27-25-23-21-19-17-15-13-11-9-7-2/h8,10,14,16,20,22,26,28,32,34,38,40,92H,6-7,9,11-13,15,17-19,21,23-25,27,29-31,33,35-37,39,41-91H2,1-5H3/p+1/b10-8-,16-14-,22-20-,28-26-,34-32-,40-38-. The third-order valence-corrected chi connectivity index (χ3v) is 21.7. The number of carbonyl (C=O) groups is 2. The zero-order valence-electron chi connectivity index (χ0n) is 70.0. The molecule has 2 atom stereocenters. The quantitative estimate of drug-likeness (QED) is 0.0211. The summed E-state index contributed by atoms with van der Waals surface area (Å²) in [6.07, 6.45) is 117. The summed E-state index contributed by atoms with van der Waals surface area (Å²) in [7, 11) is 1.50. The Bertz CT molecular complexity index is 1990. The lowest BCUT2D eigenvalue weighted by molar-refractivity contribution is -0.870. The number of hydrogen-bond acceptors (Lipinski definition) is 7. The maximum Gasteiger partial charge on any atom is 0.472 e. The van der Waals surface area contributed by atoms with Crippen LogP contribution >= 0.6 is 7.82 Å². The highest BCUT2D eigenvalue weighted by molar-refractivity contribution is 7.47. The van der Waals surface area contributed by atoms with Gasteiger partial charge in [-0.25, -0.2) is 4.57 Å². The number of esters is 2. The minimum atomic E-state index is -4.40. The monoisotopic (exact) mass is 1480 g/mol. The molecule has 0 fully saturated rings. The van der Waals surface area contributed by atoms with Crippen molar-refractivity contribution in [3.63, 3.8) is 0 Å². The van der Waals surface area contributed by atoms with Crippen molar-refractivity contribution in [2.45, 2.75) is 469 Å². The number of carbonyl (C=O) groups excluding carboxylic acids is 2. The van der Waals surface area contributed by atoms with E-state index in [0.29, 0.717) is 23.9 Å². The fraction of sp³-hybridized carbons (Fsp3) is 0.851. The average molecular weight is 1480 g/mol. The van der Waals surface area contributed by atoms with E-state index in [0.717, 1.165) is 70.6 Å². The molecule has 104 heavy (non-hydrogen) atoms. The molecule has 0 aromatic rings. The molecule has 0 aliphatic heterocycles. The Morgan fingerprint density at radius 2 is 0.548 bits per heavy atom. The number of phosphoric acid groups is 1. The van der Waals surface area contributed by atoms with Gasteiger partial charge in [-0.1, -0.05) is 459 Å². The summed E-state index contributed by atoms with van der Waals surface area (Å²) in [6, 6.07) is 0. The molecule has 0 aromatic heterocycles. The first-order valence-electron chi connectivity index (χ1n) is 45.7. The number of rotatable bonds is 86. The number of allylic oxidation sites excluding steroid dienone is 12. The lowest BCUT2D eigenvalue weighted by Gasteiger charge is -2.24. The maximum atomic E-state index is 13.0. The summed E-state index contributed by atoms with van der Waals surface area (Å²) < 4.78 is 34.9. The predicted octanol–water partition coefficient (Wildman–Crippen LogP) is 31.0. The molecule has 2 unspecified atom stereocenters. The molecule has 0 rings (SSSR count). The normalized spacial score (nSPS) is 13.2. The van der Waals surface area contributed by atoms with Gasteiger partial charge >= 0.3 is 19.8 Å². The zero-order valence-corrected chi connectivity index (χ0v) is 70.9. The molecule has 0 spiro atoms. The molecule has 610 valence electrons. The minimum absolute atomic E-state index is 0.0343. The third-order valence-electron chi connectivity index (χ3n) is 20.8. The van der Waals surface area contributed by atoms with Crippen LogP contribution in [-0.4, -0.2) is 74.9 Å². The van der Waals surface area contributed by atoms with Gasteiger partial charge in [-0.2, -0.15) is 0 Å². The molecule has 0 aromatic carbocycles. The van der Waals surface area contributed by atoms with Crippen LogP contribution in [0.15, 0.2) is 72.9 Å². The van der Waals surface area contributed by atoms with Crippen molar-refractivity contribution < 1.29 is 42.1 Å². The zero-order chi connectivity index (χ0) is 75.4. The molecule has 0 aliphatic rings. The molecule has 0 amide bonds. The number of quaternary nitrogens is 1. The van der Waals surface area contributed by atoms with E-state index in [4.69, 9.17) is 18.5 Å². The SMILES string of the molecule is CC/C=C\C/C=C\C/C=C\C/C=C\C/C=C\C/C=C\CCCCCCCCCCCCCCCCCCCCCCCCC(=O)OC(COC(=O)CCCCCCCCCCCCCCCCCCCCCCCCCCCCCCCCCCCCCCCCC)COP(=O)(O)OCC[N+](C)(C)C. The number of ether oxygens (including phenoxy) is 2. The van der Waals surface area contributed by atoms with Crippen molar-refractivity contribution in [2.24, 2.45) is 0 Å². The molecule has 0 aliphatic carbocycles. The number of hydrogen-bond donors (Lipinski definition) is 1. The Morgan fingerprint density at radius 3 is 0.817 bits per heavy atom. The van der Waals surface area contributed by atoms with Gasteiger partial charge in [0.15, 0.2) is 6.10 Å². The first-order valence-corrected chi connectivity index (χ1v) is 47.2. The summed E-state index contributed by atoms with van der Waals surface area (Å²) in [6.45, 7) is 4.40. The number of unbranched alkanes of at least 4 members (excludes halogenated alkanes) is 60. The molecule has 1 N–H and O–H groups in total. The van der Waals surface area contributed by atoms with Crippen LogP contribution in [0.2, 0.25) is 0 Å². The van der Waals surface area contributed by atoms with Gasteiger partial charge in [0.1, 0.15) is 19.8 Å². The lowest BCUT2D eigenvalue weighted by Crippen LogP contribution is -2.37. The molecule has 0 bridgehead atoms. The lowest BCUT2D eigenvalue weighted by atomic mass is 10.0. The molecule has 9 nitrogen and oxygen atoms in total. The molecular formula is C94H177NO8P+. The second-order valence-corrected chi connectivity index (χ2v) is 33.8. The van der Waals surface area contributed by atoms with Crippen LogP contribution in [-0.2, 0) is 32.7 Å². The van der Waals surface area contributed by atoms with Crippen molar-refractivity contribution in [1.82, 2.24) is 0 Å². The van der Waals surface area contributed by atoms with Gasteiger partial charge in [0.2, 0.25) is 0 Å². The van der Waals surface area contributed by atoms with Gasteiger partial charge in [-0.3, -0.25) is 18.6 Å². The van der Waals surface area contributed by atoms with Crippen LogP contribution in [0.4, 0.5) is 0 Å².